The molecular formula is C17H19NO. The Morgan fingerprint density at radius 3 is 2.79 bits per heavy atom. The number of benzene rings is 2. The molecule has 0 amide bonds. The molecule has 0 bridgehead atoms. The summed E-state index contributed by atoms with van der Waals surface area (Å²) in [5.74, 6) is 0.990. The van der Waals surface area contributed by atoms with E-state index in [1.54, 1.807) is 0 Å². The van der Waals surface area contributed by atoms with Gasteiger partial charge in [0.25, 0.3) is 0 Å². The Balaban J connectivity index is 2.05. The zero-order valence-corrected chi connectivity index (χ0v) is 11.3. The van der Waals surface area contributed by atoms with Crippen molar-refractivity contribution >= 4 is 5.69 Å². The van der Waals surface area contributed by atoms with Crippen LogP contribution >= 0.6 is 0 Å². The van der Waals surface area contributed by atoms with E-state index >= 15 is 0 Å². The topological polar surface area (TPSA) is 21.3 Å². The van der Waals surface area contributed by atoms with Crippen LogP contribution in [0.15, 0.2) is 42.5 Å². The zero-order chi connectivity index (χ0) is 13.1. The Morgan fingerprint density at radius 1 is 1.05 bits per heavy atom. The van der Waals surface area contributed by atoms with Crippen molar-refractivity contribution in [1.29, 1.82) is 0 Å². The first kappa shape index (κ1) is 12.1. The van der Waals surface area contributed by atoms with Gasteiger partial charge in [-0.05, 0) is 36.1 Å². The molecule has 3 rings (SSSR count). The Labute approximate surface area is 114 Å². The van der Waals surface area contributed by atoms with Gasteiger partial charge >= 0.3 is 0 Å². The van der Waals surface area contributed by atoms with Gasteiger partial charge in [-0.3, -0.25) is 0 Å². The summed E-state index contributed by atoms with van der Waals surface area (Å²) in [4.78, 5) is 0. The monoisotopic (exact) mass is 253 g/mol. The Bertz CT molecular complexity index is 577. The number of ether oxygens (including phenoxy) is 1. The van der Waals surface area contributed by atoms with Crippen LogP contribution in [0.5, 0.6) is 5.75 Å². The Kier molecular flexibility index (Phi) is 3.41. The van der Waals surface area contributed by atoms with Crippen molar-refractivity contribution in [2.24, 2.45) is 0 Å². The SMILES string of the molecule is CCCOc1ccccc1-c1cccc2c1CCN2. The minimum atomic E-state index is 0.768. The molecule has 2 nitrogen and oxygen atoms in total. The molecule has 0 fully saturated rings. The smallest absolute Gasteiger partial charge is 0.127 e. The van der Waals surface area contributed by atoms with Crippen LogP contribution in [0.4, 0.5) is 5.69 Å². The number of hydrogen-bond donors (Lipinski definition) is 1. The van der Waals surface area contributed by atoms with Crippen LogP contribution in [-0.2, 0) is 6.42 Å². The number of hydrogen-bond acceptors (Lipinski definition) is 2. The highest BCUT2D eigenvalue weighted by Crippen LogP contribution is 2.37. The van der Waals surface area contributed by atoms with E-state index in [0.29, 0.717) is 0 Å². The van der Waals surface area contributed by atoms with Gasteiger partial charge in [-0.2, -0.15) is 0 Å². The maximum atomic E-state index is 5.88. The molecular weight excluding hydrogens is 234 g/mol. The van der Waals surface area contributed by atoms with E-state index in [-0.39, 0.29) is 0 Å². The molecule has 0 aromatic heterocycles. The van der Waals surface area contributed by atoms with Gasteiger partial charge in [0.15, 0.2) is 0 Å². The molecule has 1 heterocycles. The van der Waals surface area contributed by atoms with E-state index in [1.165, 1.54) is 22.4 Å². The summed E-state index contributed by atoms with van der Waals surface area (Å²) in [5, 5.41) is 3.43. The van der Waals surface area contributed by atoms with Crippen LogP contribution in [0.25, 0.3) is 11.1 Å². The highest BCUT2D eigenvalue weighted by atomic mass is 16.5. The third-order valence-corrected chi connectivity index (χ3v) is 3.51. The fourth-order valence-electron chi connectivity index (χ4n) is 2.62. The predicted octanol–water partition coefficient (Wildman–Crippen LogP) is 4.11. The van der Waals surface area contributed by atoms with Gasteiger partial charge in [-0.25, -0.2) is 0 Å². The maximum absolute atomic E-state index is 5.88. The number of nitrogens with one attached hydrogen (secondary N) is 1. The van der Waals surface area contributed by atoms with Crippen LogP contribution in [-0.4, -0.2) is 13.2 Å². The lowest BCUT2D eigenvalue weighted by atomic mass is 9.97. The van der Waals surface area contributed by atoms with Gasteiger partial charge in [0.2, 0.25) is 0 Å². The molecule has 1 N–H and O–H groups in total. The van der Waals surface area contributed by atoms with Crippen molar-refractivity contribution < 1.29 is 4.74 Å². The quantitative estimate of drug-likeness (QED) is 0.885. The predicted molar refractivity (Wildman–Crippen MR) is 79.9 cm³/mol. The molecule has 0 aliphatic carbocycles. The van der Waals surface area contributed by atoms with E-state index in [9.17, 15) is 0 Å². The Morgan fingerprint density at radius 2 is 1.89 bits per heavy atom. The number of fused-ring (bicyclic) bond motifs is 1. The van der Waals surface area contributed by atoms with Crippen LogP contribution in [0.1, 0.15) is 18.9 Å². The van der Waals surface area contributed by atoms with Crippen LogP contribution < -0.4 is 10.1 Å². The number of rotatable bonds is 4. The molecule has 1 aliphatic rings. The van der Waals surface area contributed by atoms with E-state index in [0.717, 1.165) is 31.7 Å². The highest BCUT2D eigenvalue weighted by molar-refractivity contribution is 5.79. The summed E-state index contributed by atoms with van der Waals surface area (Å²) in [7, 11) is 0. The molecule has 2 aromatic carbocycles. The molecule has 19 heavy (non-hydrogen) atoms. The summed E-state index contributed by atoms with van der Waals surface area (Å²) >= 11 is 0. The van der Waals surface area contributed by atoms with Crippen molar-refractivity contribution in [2.75, 3.05) is 18.5 Å². The van der Waals surface area contributed by atoms with Crippen LogP contribution in [0, 0.1) is 0 Å². The molecule has 0 saturated heterocycles. The minimum absolute atomic E-state index is 0.768. The first-order valence-corrected chi connectivity index (χ1v) is 6.98. The van der Waals surface area contributed by atoms with Gasteiger partial charge in [-0.15, -0.1) is 0 Å². The summed E-state index contributed by atoms with van der Waals surface area (Å²) in [6.07, 6.45) is 2.12. The first-order valence-electron chi connectivity index (χ1n) is 6.98. The lowest BCUT2D eigenvalue weighted by Gasteiger charge is -2.13. The van der Waals surface area contributed by atoms with Crippen LogP contribution in [0.2, 0.25) is 0 Å². The standard InChI is InChI=1S/C17H19NO/c1-2-12-19-17-9-4-3-6-15(17)13-7-5-8-16-14(13)10-11-18-16/h3-9,18H,2,10-12H2,1H3. The molecule has 0 unspecified atom stereocenters. The minimum Gasteiger partial charge on any atom is -0.493 e. The molecule has 0 spiro atoms. The normalized spacial score (nSPS) is 12.9. The van der Waals surface area contributed by atoms with Crippen molar-refractivity contribution in [1.82, 2.24) is 0 Å². The third-order valence-electron chi connectivity index (χ3n) is 3.51. The second-order valence-electron chi connectivity index (χ2n) is 4.85. The molecule has 98 valence electrons. The largest absolute Gasteiger partial charge is 0.493 e. The molecule has 0 saturated carbocycles. The summed E-state index contributed by atoms with van der Waals surface area (Å²) in [6.45, 7) is 3.93. The van der Waals surface area contributed by atoms with Crippen molar-refractivity contribution in [3.63, 3.8) is 0 Å². The number of anilines is 1. The fourth-order valence-corrected chi connectivity index (χ4v) is 2.62. The van der Waals surface area contributed by atoms with E-state index < -0.39 is 0 Å². The molecule has 2 heteroatoms. The summed E-state index contributed by atoms with van der Waals surface area (Å²) in [6, 6.07) is 14.8. The third kappa shape index (κ3) is 2.30. The van der Waals surface area contributed by atoms with E-state index in [4.69, 9.17) is 4.74 Å². The van der Waals surface area contributed by atoms with Gasteiger partial charge < -0.3 is 10.1 Å². The summed E-state index contributed by atoms with van der Waals surface area (Å²) < 4.78 is 5.88. The lowest BCUT2D eigenvalue weighted by molar-refractivity contribution is 0.318. The molecule has 2 aromatic rings. The first-order chi connectivity index (χ1) is 9.40. The van der Waals surface area contributed by atoms with Gasteiger partial charge in [0.05, 0.1) is 6.61 Å². The fraction of sp³-hybridized carbons (Fsp3) is 0.294. The maximum Gasteiger partial charge on any atom is 0.127 e. The highest BCUT2D eigenvalue weighted by Gasteiger charge is 2.16. The zero-order valence-electron chi connectivity index (χ0n) is 11.3. The molecule has 0 radical (unpaired) electrons. The van der Waals surface area contributed by atoms with Crippen molar-refractivity contribution in [3.05, 3.63) is 48.0 Å². The summed E-state index contributed by atoms with van der Waals surface area (Å²) in [5.41, 5.74) is 5.18. The van der Waals surface area contributed by atoms with Gasteiger partial charge in [0.1, 0.15) is 5.75 Å². The average molecular weight is 253 g/mol. The molecule has 0 atom stereocenters. The second kappa shape index (κ2) is 5.35. The lowest BCUT2D eigenvalue weighted by Crippen LogP contribution is -1.97. The van der Waals surface area contributed by atoms with Gasteiger partial charge in [-0.1, -0.05) is 37.3 Å². The van der Waals surface area contributed by atoms with Gasteiger partial charge in [0, 0.05) is 17.8 Å². The van der Waals surface area contributed by atoms with E-state index in [2.05, 4.69) is 48.6 Å². The second-order valence-corrected chi connectivity index (χ2v) is 4.85. The molecule has 1 aliphatic heterocycles. The Hall–Kier alpha value is -1.96. The van der Waals surface area contributed by atoms with E-state index in [1.807, 2.05) is 6.07 Å². The van der Waals surface area contributed by atoms with Crippen LogP contribution in [0.3, 0.4) is 0 Å². The van der Waals surface area contributed by atoms with Crippen molar-refractivity contribution in [2.45, 2.75) is 19.8 Å². The average Bonchev–Trinajstić information content (AvgIpc) is 2.94. The number of para-hydroxylation sites is 1. The van der Waals surface area contributed by atoms with Crippen molar-refractivity contribution in [3.8, 4) is 16.9 Å².